The number of rotatable bonds is 5. The van der Waals surface area contributed by atoms with E-state index in [2.05, 4.69) is 15.3 Å². The van der Waals surface area contributed by atoms with Crippen molar-refractivity contribution >= 4 is 11.9 Å². The molecule has 8 heteroatoms. The second-order valence-electron chi connectivity index (χ2n) is 4.64. The van der Waals surface area contributed by atoms with E-state index in [1.165, 1.54) is 6.20 Å². The quantitative estimate of drug-likeness (QED) is 0.704. The molecule has 0 aliphatic carbocycles. The predicted octanol–water partition coefficient (Wildman–Crippen LogP) is -0.167. The normalized spacial score (nSPS) is 13.4. The molecule has 110 valence electrons. The first-order chi connectivity index (χ1) is 9.90. The molecule has 3 N–H and O–H groups in total. The molecule has 0 aromatic carbocycles. The fraction of sp³-hybridized carbons (Fsp3) is 0.231. The highest BCUT2D eigenvalue weighted by Crippen LogP contribution is 2.06. The third kappa shape index (κ3) is 3.42. The lowest BCUT2D eigenvalue weighted by Gasteiger charge is -2.18. The Morgan fingerprint density at radius 3 is 2.71 bits per heavy atom. The number of hydrogen-bond acceptors (Lipinski definition) is 5. The van der Waals surface area contributed by atoms with Gasteiger partial charge in [-0.15, -0.1) is 0 Å². The van der Waals surface area contributed by atoms with Gasteiger partial charge in [-0.1, -0.05) is 0 Å². The lowest BCUT2D eigenvalue weighted by molar-refractivity contribution is -0.155. The zero-order valence-corrected chi connectivity index (χ0v) is 11.2. The number of aliphatic carboxylic acids is 1. The molecule has 2 aromatic heterocycles. The van der Waals surface area contributed by atoms with Crippen molar-refractivity contribution in [3.05, 3.63) is 42.6 Å². The second-order valence-corrected chi connectivity index (χ2v) is 4.64. The molecule has 2 rings (SSSR count). The van der Waals surface area contributed by atoms with Gasteiger partial charge in [0.15, 0.2) is 5.60 Å². The molecule has 21 heavy (non-hydrogen) atoms. The number of carboxylic acids is 1. The Kier molecular flexibility index (Phi) is 3.99. The summed E-state index contributed by atoms with van der Waals surface area (Å²) in [5.74, 6) is -1.32. The molecule has 0 bridgehead atoms. The molecule has 2 aromatic rings. The van der Waals surface area contributed by atoms with Crippen LogP contribution < -0.4 is 5.32 Å². The van der Waals surface area contributed by atoms with E-state index in [9.17, 15) is 14.7 Å². The minimum Gasteiger partial charge on any atom is -0.479 e. The largest absolute Gasteiger partial charge is 0.479 e. The van der Waals surface area contributed by atoms with Crippen molar-refractivity contribution in [3.63, 3.8) is 0 Å². The number of pyridine rings is 1. The van der Waals surface area contributed by atoms with Crippen LogP contribution >= 0.6 is 0 Å². The Morgan fingerprint density at radius 2 is 2.19 bits per heavy atom. The number of nitrogens with one attached hydrogen (secondary N) is 1. The van der Waals surface area contributed by atoms with Gasteiger partial charge in [0.1, 0.15) is 12.1 Å². The van der Waals surface area contributed by atoms with Crippen molar-refractivity contribution in [1.82, 2.24) is 19.9 Å². The number of aliphatic hydroxyl groups is 1. The number of carbonyl (C=O) groups excluding carboxylic acids is 1. The average molecular weight is 290 g/mol. The Morgan fingerprint density at radius 1 is 1.43 bits per heavy atom. The van der Waals surface area contributed by atoms with Crippen LogP contribution in [-0.2, 0) is 4.79 Å². The summed E-state index contributed by atoms with van der Waals surface area (Å²) in [6.45, 7) is 0.709. The Bertz CT molecular complexity index is 635. The Balaban J connectivity index is 2.02. The van der Waals surface area contributed by atoms with Crippen molar-refractivity contribution in [3.8, 4) is 5.82 Å². The molecule has 0 spiro atoms. The van der Waals surface area contributed by atoms with Crippen molar-refractivity contribution in [2.24, 2.45) is 0 Å². The molecule has 2 heterocycles. The summed E-state index contributed by atoms with van der Waals surface area (Å²) in [7, 11) is 0. The molecule has 0 saturated heterocycles. The number of hydrogen-bond donors (Lipinski definition) is 3. The van der Waals surface area contributed by atoms with Gasteiger partial charge in [0.25, 0.3) is 5.91 Å². The van der Waals surface area contributed by atoms with Crippen LogP contribution in [0, 0.1) is 0 Å². The number of aromatic nitrogens is 3. The van der Waals surface area contributed by atoms with Gasteiger partial charge >= 0.3 is 5.97 Å². The number of carbonyl (C=O) groups is 2. The first-order valence-corrected chi connectivity index (χ1v) is 6.08. The standard InChI is InChI=1S/C13H14N4O4/c1-13(21,12(19)20)7-16-11(18)9-2-3-10(15-6-9)17-5-4-14-8-17/h2-6,8,21H,7H2,1H3,(H,16,18)(H,19,20). The molecule has 1 amide bonds. The van der Waals surface area contributed by atoms with E-state index in [1.807, 2.05) is 0 Å². The van der Waals surface area contributed by atoms with Gasteiger partial charge in [-0.25, -0.2) is 14.8 Å². The Labute approximate surface area is 120 Å². The summed E-state index contributed by atoms with van der Waals surface area (Å²) in [5, 5.41) is 20.6. The SMILES string of the molecule is CC(O)(CNC(=O)c1ccc(-n2ccnc2)nc1)C(=O)O. The first kappa shape index (κ1) is 14.7. The molecule has 1 atom stereocenters. The van der Waals surface area contributed by atoms with Gasteiger partial charge < -0.3 is 15.5 Å². The molecule has 0 aliphatic heterocycles. The second kappa shape index (κ2) is 5.71. The maximum atomic E-state index is 11.8. The van der Waals surface area contributed by atoms with Gasteiger partial charge in [-0.3, -0.25) is 9.36 Å². The van der Waals surface area contributed by atoms with Crippen LogP contribution in [-0.4, -0.2) is 48.8 Å². The van der Waals surface area contributed by atoms with Crippen molar-refractivity contribution in [1.29, 1.82) is 0 Å². The van der Waals surface area contributed by atoms with E-state index in [-0.39, 0.29) is 5.56 Å². The molecule has 0 saturated carbocycles. The fourth-order valence-corrected chi connectivity index (χ4v) is 1.50. The van der Waals surface area contributed by atoms with Crippen LogP contribution in [0.15, 0.2) is 37.1 Å². The zero-order chi connectivity index (χ0) is 15.5. The lowest BCUT2D eigenvalue weighted by atomic mass is 10.1. The molecular formula is C13H14N4O4. The van der Waals surface area contributed by atoms with Crippen molar-refractivity contribution in [2.45, 2.75) is 12.5 Å². The van der Waals surface area contributed by atoms with Crippen molar-refractivity contribution < 1.29 is 19.8 Å². The summed E-state index contributed by atoms with van der Waals surface area (Å²) < 4.78 is 1.68. The first-order valence-electron chi connectivity index (χ1n) is 6.08. The lowest BCUT2D eigenvalue weighted by Crippen LogP contribution is -2.46. The van der Waals surface area contributed by atoms with E-state index in [0.29, 0.717) is 5.82 Å². The van der Waals surface area contributed by atoms with Gasteiger partial charge in [0.2, 0.25) is 0 Å². The summed E-state index contributed by atoms with van der Waals surface area (Å²) in [5.41, 5.74) is -1.75. The van der Waals surface area contributed by atoms with Gasteiger partial charge in [0.05, 0.1) is 12.1 Å². The summed E-state index contributed by atoms with van der Waals surface area (Å²) in [6.07, 6.45) is 6.26. The number of nitrogens with zero attached hydrogens (tertiary/aromatic N) is 3. The van der Waals surface area contributed by atoms with E-state index in [0.717, 1.165) is 6.92 Å². The maximum absolute atomic E-state index is 11.8. The summed E-state index contributed by atoms with van der Waals surface area (Å²) >= 11 is 0. The van der Waals surface area contributed by atoms with Crippen LogP contribution in [0.25, 0.3) is 5.82 Å². The highest BCUT2D eigenvalue weighted by atomic mass is 16.4. The number of carboxylic acid groups (broad SMARTS) is 1. The number of amides is 1. The van der Waals surface area contributed by atoms with Gasteiger partial charge in [0, 0.05) is 18.6 Å². The van der Waals surface area contributed by atoms with Crippen LogP contribution in [0.3, 0.4) is 0 Å². The topological polar surface area (TPSA) is 117 Å². The summed E-state index contributed by atoms with van der Waals surface area (Å²) in [4.78, 5) is 30.6. The van der Waals surface area contributed by atoms with Crippen LogP contribution in [0.2, 0.25) is 0 Å². The van der Waals surface area contributed by atoms with Crippen molar-refractivity contribution in [2.75, 3.05) is 6.54 Å². The Hall–Kier alpha value is -2.74. The molecule has 0 radical (unpaired) electrons. The maximum Gasteiger partial charge on any atom is 0.337 e. The zero-order valence-electron chi connectivity index (χ0n) is 11.2. The monoisotopic (exact) mass is 290 g/mol. The average Bonchev–Trinajstić information content (AvgIpc) is 2.99. The van der Waals surface area contributed by atoms with E-state index in [1.54, 1.807) is 35.4 Å². The van der Waals surface area contributed by atoms with Crippen LogP contribution in [0.1, 0.15) is 17.3 Å². The highest BCUT2D eigenvalue weighted by molar-refractivity contribution is 5.94. The fourth-order valence-electron chi connectivity index (χ4n) is 1.50. The molecular weight excluding hydrogens is 276 g/mol. The van der Waals surface area contributed by atoms with Crippen LogP contribution in [0.4, 0.5) is 0 Å². The van der Waals surface area contributed by atoms with E-state index >= 15 is 0 Å². The number of imidazole rings is 1. The molecule has 0 fully saturated rings. The molecule has 0 aliphatic rings. The van der Waals surface area contributed by atoms with E-state index < -0.39 is 24.0 Å². The minimum atomic E-state index is -2.01. The van der Waals surface area contributed by atoms with Crippen LogP contribution in [0.5, 0.6) is 0 Å². The third-order valence-corrected chi connectivity index (χ3v) is 2.83. The smallest absolute Gasteiger partial charge is 0.337 e. The summed E-state index contributed by atoms with van der Waals surface area (Å²) in [6, 6.07) is 3.18. The highest BCUT2D eigenvalue weighted by Gasteiger charge is 2.30. The third-order valence-electron chi connectivity index (χ3n) is 2.83. The molecule has 1 unspecified atom stereocenters. The predicted molar refractivity (Wildman–Crippen MR) is 72.0 cm³/mol. The van der Waals surface area contributed by atoms with Gasteiger partial charge in [-0.2, -0.15) is 0 Å². The molecule has 8 nitrogen and oxygen atoms in total. The van der Waals surface area contributed by atoms with E-state index in [4.69, 9.17) is 5.11 Å². The minimum absolute atomic E-state index is 0.264. The van der Waals surface area contributed by atoms with Gasteiger partial charge in [-0.05, 0) is 19.1 Å².